The van der Waals surface area contributed by atoms with Crippen LogP contribution in [0.3, 0.4) is 0 Å². The fraction of sp³-hybridized carbons (Fsp3) is 0.545. The van der Waals surface area contributed by atoms with Gasteiger partial charge < -0.3 is 9.69 Å². The number of carbonyl (C=O) groups excluding carboxylic acids is 1. The van der Waals surface area contributed by atoms with E-state index in [-0.39, 0.29) is 5.92 Å². The summed E-state index contributed by atoms with van der Waals surface area (Å²) >= 11 is 1.62. The van der Waals surface area contributed by atoms with E-state index < -0.39 is 0 Å². The number of aldehydes is 1. The number of anilines is 1. The summed E-state index contributed by atoms with van der Waals surface area (Å²) in [5, 5.41) is 0.988. The van der Waals surface area contributed by atoms with Gasteiger partial charge in [0.05, 0.1) is 0 Å². The lowest BCUT2D eigenvalue weighted by Gasteiger charge is -2.30. The molecule has 16 heavy (non-hydrogen) atoms. The molecule has 1 aliphatic rings. The summed E-state index contributed by atoms with van der Waals surface area (Å²) in [6.07, 6.45) is 6.55. The number of hydrogen-bond donors (Lipinski definition) is 0. The third-order valence-electron chi connectivity index (χ3n) is 2.89. The molecule has 1 fully saturated rings. The van der Waals surface area contributed by atoms with E-state index in [2.05, 4.69) is 14.9 Å². The first-order chi connectivity index (χ1) is 7.83. The molecule has 0 N–H and O–H groups in total. The highest BCUT2D eigenvalue weighted by molar-refractivity contribution is 7.98. The molecule has 1 aromatic rings. The van der Waals surface area contributed by atoms with Crippen molar-refractivity contribution in [2.75, 3.05) is 24.2 Å². The molecular formula is C11H15N3OS. The number of thioether (sulfide) groups is 1. The molecule has 0 unspecified atom stereocenters. The number of nitrogens with zero attached hydrogens (tertiary/aromatic N) is 3. The first kappa shape index (κ1) is 11.4. The Balaban J connectivity index is 2.04. The zero-order valence-electron chi connectivity index (χ0n) is 9.30. The fourth-order valence-corrected chi connectivity index (χ4v) is 2.25. The molecule has 0 radical (unpaired) electrons. The molecule has 0 aromatic carbocycles. The van der Waals surface area contributed by atoms with Gasteiger partial charge in [0.2, 0.25) is 0 Å². The standard InChI is InChI=1S/C11H15N3OS/c1-16-11-6-10(12-8-13-11)14-4-2-9(7-15)3-5-14/h6-9H,2-5H2,1H3. The highest BCUT2D eigenvalue weighted by Crippen LogP contribution is 2.22. The lowest BCUT2D eigenvalue weighted by atomic mass is 9.99. The van der Waals surface area contributed by atoms with Crippen molar-refractivity contribution in [3.63, 3.8) is 0 Å². The molecule has 0 saturated carbocycles. The van der Waals surface area contributed by atoms with Gasteiger partial charge in [-0.15, -0.1) is 11.8 Å². The smallest absolute Gasteiger partial charge is 0.133 e. The molecule has 1 aromatic heterocycles. The lowest BCUT2D eigenvalue weighted by Crippen LogP contribution is -2.34. The van der Waals surface area contributed by atoms with Gasteiger partial charge in [-0.25, -0.2) is 9.97 Å². The molecular weight excluding hydrogens is 222 g/mol. The van der Waals surface area contributed by atoms with Crippen LogP contribution in [0.2, 0.25) is 0 Å². The molecule has 4 nitrogen and oxygen atoms in total. The van der Waals surface area contributed by atoms with Crippen molar-refractivity contribution in [3.05, 3.63) is 12.4 Å². The van der Waals surface area contributed by atoms with Crippen molar-refractivity contribution < 1.29 is 4.79 Å². The minimum Gasteiger partial charge on any atom is -0.356 e. The molecule has 2 heterocycles. The molecule has 2 rings (SSSR count). The van der Waals surface area contributed by atoms with Crippen LogP contribution in [0, 0.1) is 5.92 Å². The molecule has 0 spiro atoms. The normalized spacial score (nSPS) is 17.4. The van der Waals surface area contributed by atoms with E-state index in [1.165, 1.54) is 0 Å². The molecule has 0 amide bonds. The second kappa shape index (κ2) is 5.30. The summed E-state index contributed by atoms with van der Waals surface area (Å²) in [5.74, 6) is 1.21. The average molecular weight is 237 g/mol. The monoisotopic (exact) mass is 237 g/mol. The predicted octanol–water partition coefficient (Wildman–Crippen LogP) is 1.61. The quantitative estimate of drug-likeness (QED) is 0.454. The first-order valence-corrected chi connectivity index (χ1v) is 6.62. The molecule has 5 heteroatoms. The summed E-state index contributed by atoms with van der Waals surface area (Å²) in [6.45, 7) is 1.82. The zero-order valence-corrected chi connectivity index (χ0v) is 10.1. The van der Waals surface area contributed by atoms with E-state index in [1.54, 1.807) is 18.1 Å². The topological polar surface area (TPSA) is 46.1 Å². The number of carbonyl (C=O) groups is 1. The van der Waals surface area contributed by atoms with Crippen molar-refractivity contribution in [3.8, 4) is 0 Å². The Kier molecular flexibility index (Phi) is 3.77. The SMILES string of the molecule is CSc1cc(N2CCC(C=O)CC2)ncn1. The second-order valence-corrected chi connectivity index (χ2v) is 4.71. The van der Waals surface area contributed by atoms with E-state index in [0.717, 1.165) is 43.1 Å². The van der Waals surface area contributed by atoms with Crippen molar-refractivity contribution in [2.45, 2.75) is 17.9 Å². The summed E-state index contributed by atoms with van der Waals surface area (Å²) in [5.41, 5.74) is 0. The second-order valence-electron chi connectivity index (χ2n) is 3.88. The Hall–Kier alpha value is -1.10. The first-order valence-electron chi connectivity index (χ1n) is 5.39. The van der Waals surface area contributed by atoms with Gasteiger partial charge in [0.25, 0.3) is 0 Å². The Morgan fingerprint density at radius 1 is 1.44 bits per heavy atom. The number of hydrogen-bond acceptors (Lipinski definition) is 5. The van der Waals surface area contributed by atoms with E-state index in [0.29, 0.717) is 0 Å². The highest BCUT2D eigenvalue weighted by atomic mass is 32.2. The minimum absolute atomic E-state index is 0.234. The molecule has 1 aliphatic heterocycles. The van der Waals surface area contributed by atoms with Crippen molar-refractivity contribution in [1.29, 1.82) is 0 Å². The predicted molar refractivity (Wildman–Crippen MR) is 64.8 cm³/mol. The molecule has 1 saturated heterocycles. The minimum atomic E-state index is 0.234. The summed E-state index contributed by atoms with van der Waals surface area (Å²) in [4.78, 5) is 21.3. The summed E-state index contributed by atoms with van der Waals surface area (Å²) in [7, 11) is 0. The molecule has 86 valence electrons. The Morgan fingerprint density at radius 3 is 2.81 bits per heavy atom. The van der Waals surface area contributed by atoms with Crippen molar-refractivity contribution in [2.24, 2.45) is 5.92 Å². The zero-order chi connectivity index (χ0) is 11.4. The Bertz CT molecular complexity index is 364. The Labute approximate surface area is 99.5 Å². The van der Waals surface area contributed by atoms with Crippen LogP contribution in [0.4, 0.5) is 5.82 Å². The maximum absolute atomic E-state index is 10.7. The van der Waals surface area contributed by atoms with Crippen LogP contribution in [0.5, 0.6) is 0 Å². The van der Waals surface area contributed by atoms with Crippen LogP contribution < -0.4 is 4.90 Å². The van der Waals surface area contributed by atoms with Gasteiger partial charge in [-0.3, -0.25) is 0 Å². The average Bonchev–Trinajstić information content (AvgIpc) is 2.39. The maximum Gasteiger partial charge on any atom is 0.133 e. The van der Waals surface area contributed by atoms with Crippen LogP contribution in [0.25, 0.3) is 0 Å². The van der Waals surface area contributed by atoms with Gasteiger partial charge >= 0.3 is 0 Å². The maximum atomic E-state index is 10.7. The molecule has 0 bridgehead atoms. The van der Waals surface area contributed by atoms with Crippen molar-refractivity contribution >= 4 is 23.9 Å². The van der Waals surface area contributed by atoms with Crippen LogP contribution in [0.15, 0.2) is 17.4 Å². The lowest BCUT2D eigenvalue weighted by molar-refractivity contribution is -0.111. The third-order valence-corrected chi connectivity index (χ3v) is 3.53. The van der Waals surface area contributed by atoms with Crippen molar-refractivity contribution in [1.82, 2.24) is 9.97 Å². The largest absolute Gasteiger partial charge is 0.356 e. The van der Waals surface area contributed by atoms with Crippen LogP contribution in [-0.2, 0) is 4.79 Å². The van der Waals surface area contributed by atoms with Gasteiger partial charge in [0, 0.05) is 25.1 Å². The fourth-order valence-electron chi connectivity index (χ4n) is 1.88. The third kappa shape index (κ3) is 2.52. The van der Waals surface area contributed by atoms with E-state index in [1.807, 2.05) is 12.3 Å². The number of aromatic nitrogens is 2. The summed E-state index contributed by atoms with van der Waals surface area (Å²) in [6, 6.07) is 2.01. The van der Waals surface area contributed by atoms with Crippen LogP contribution in [-0.4, -0.2) is 35.6 Å². The summed E-state index contributed by atoms with van der Waals surface area (Å²) < 4.78 is 0. The number of piperidine rings is 1. The van der Waals surface area contributed by atoms with E-state index >= 15 is 0 Å². The van der Waals surface area contributed by atoms with Crippen LogP contribution in [0.1, 0.15) is 12.8 Å². The van der Waals surface area contributed by atoms with Gasteiger partial charge in [-0.2, -0.15) is 0 Å². The van der Waals surface area contributed by atoms with E-state index in [4.69, 9.17) is 0 Å². The van der Waals surface area contributed by atoms with Gasteiger partial charge in [-0.05, 0) is 19.1 Å². The highest BCUT2D eigenvalue weighted by Gasteiger charge is 2.19. The van der Waals surface area contributed by atoms with E-state index in [9.17, 15) is 4.79 Å². The number of rotatable bonds is 3. The van der Waals surface area contributed by atoms with Gasteiger partial charge in [0.1, 0.15) is 23.5 Å². The Morgan fingerprint density at radius 2 is 2.19 bits per heavy atom. The van der Waals surface area contributed by atoms with Gasteiger partial charge in [-0.1, -0.05) is 0 Å². The molecule has 0 atom stereocenters. The molecule has 0 aliphatic carbocycles. The van der Waals surface area contributed by atoms with Gasteiger partial charge in [0.15, 0.2) is 0 Å². The van der Waals surface area contributed by atoms with Crippen LogP contribution >= 0.6 is 11.8 Å².